The van der Waals surface area contributed by atoms with Gasteiger partial charge in [0.05, 0.1) is 11.6 Å². The van der Waals surface area contributed by atoms with Gasteiger partial charge in [-0.2, -0.15) is 0 Å². The highest BCUT2D eigenvalue weighted by molar-refractivity contribution is 8.00. The number of halogens is 1. The number of phenols is 1. The Morgan fingerprint density at radius 2 is 1.71 bits per heavy atom. The molecule has 0 saturated heterocycles. The second-order valence-electron chi connectivity index (χ2n) is 8.31. The summed E-state index contributed by atoms with van der Waals surface area (Å²) in [4.78, 5) is 27.9. The van der Waals surface area contributed by atoms with Crippen LogP contribution in [0.3, 0.4) is 0 Å². The van der Waals surface area contributed by atoms with Crippen molar-refractivity contribution in [3.8, 4) is 5.75 Å². The molecule has 3 aromatic carbocycles. The van der Waals surface area contributed by atoms with Gasteiger partial charge in [-0.25, -0.2) is 0 Å². The largest absolute Gasteiger partial charge is 0.508 e. The van der Waals surface area contributed by atoms with Crippen LogP contribution in [0.5, 0.6) is 5.75 Å². The molecular formula is C28H20ClN3O4S2. The van der Waals surface area contributed by atoms with Crippen molar-refractivity contribution in [2.75, 3.05) is 4.90 Å². The number of allylic oxidation sites excluding steroid dienone is 1. The molecule has 1 aliphatic heterocycles. The Bertz CT molecular complexity index is 1530. The number of hydrogen-bond donors (Lipinski definition) is 2. The predicted molar refractivity (Wildman–Crippen MR) is 149 cm³/mol. The average molecular weight is 562 g/mol. The molecule has 0 fully saturated rings. The van der Waals surface area contributed by atoms with Crippen LogP contribution in [0, 0.1) is 0 Å². The van der Waals surface area contributed by atoms with Crippen LogP contribution >= 0.6 is 34.7 Å². The maximum absolute atomic E-state index is 13.3. The number of nitrogens with zero attached hydrogens (tertiary/aromatic N) is 3. The maximum Gasteiger partial charge on any atom is 0.296 e. The number of anilines is 1. The van der Waals surface area contributed by atoms with E-state index in [-0.39, 0.29) is 16.5 Å². The first-order chi connectivity index (χ1) is 18.4. The van der Waals surface area contributed by atoms with Crippen LogP contribution in [-0.2, 0) is 15.3 Å². The normalized spacial score (nSPS) is 15.6. The molecule has 0 saturated carbocycles. The van der Waals surface area contributed by atoms with Gasteiger partial charge in [-0.05, 0) is 47.0 Å². The number of carbonyl (C=O) groups excluding carboxylic acids is 2. The fraction of sp³-hybridized carbons (Fsp3) is 0.0714. The zero-order chi connectivity index (χ0) is 26.6. The summed E-state index contributed by atoms with van der Waals surface area (Å²) in [6.45, 7) is 0. The van der Waals surface area contributed by atoms with Gasteiger partial charge >= 0.3 is 0 Å². The highest BCUT2D eigenvalue weighted by Crippen LogP contribution is 2.43. The molecule has 10 heteroatoms. The Morgan fingerprint density at radius 3 is 2.42 bits per heavy atom. The summed E-state index contributed by atoms with van der Waals surface area (Å²) in [5, 5.41) is 30.0. The SMILES string of the molecule is O=C(/C=C/c1ccccc1)C1=C(O)C(=O)N(c2nnc(SCc3ccc(Cl)cc3)s2)C1c1ccc(O)cc1. The van der Waals surface area contributed by atoms with Crippen molar-refractivity contribution in [3.63, 3.8) is 0 Å². The molecule has 190 valence electrons. The van der Waals surface area contributed by atoms with Crippen molar-refractivity contribution < 1.29 is 19.8 Å². The molecule has 2 heterocycles. The highest BCUT2D eigenvalue weighted by Gasteiger charge is 2.45. The predicted octanol–water partition coefficient (Wildman–Crippen LogP) is 6.37. The summed E-state index contributed by atoms with van der Waals surface area (Å²) in [5.74, 6) is -1.24. The molecule has 4 aromatic rings. The molecule has 1 amide bonds. The summed E-state index contributed by atoms with van der Waals surface area (Å²) in [5.41, 5.74) is 2.31. The molecule has 0 radical (unpaired) electrons. The third-order valence-electron chi connectivity index (χ3n) is 5.79. The van der Waals surface area contributed by atoms with E-state index in [9.17, 15) is 19.8 Å². The molecule has 1 unspecified atom stereocenters. The maximum atomic E-state index is 13.3. The minimum absolute atomic E-state index is 0.0338. The molecular weight excluding hydrogens is 542 g/mol. The number of aromatic hydroxyl groups is 1. The van der Waals surface area contributed by atoms with Crippen molar-refractivity contribution in [2.45, 2.75) is 16.1 Å². The van der Waals surface area contributed by atoms with Gasteiger partial charge in [0.1, 0.15) is 5.75 Å². The molecule has 1 aromatic heterocycles. The monoisotopic (exact) mass is 561 g/mol. The minimum atomic E-state index is -0.946. The molecule has 7 nitrogen and oxygen atoms in total. The number of carbonyl (C=O) groups is 2. The van der Waals surface area contributed by atoms with E-state index >= 15 is 0 Å². The minimum Gasteiger partial charge on any atom is -0.508 e. The van der Waals surface area contributed by atoms with E-state index in [1.165, 1.54) is 46.2 Å². The van der Waals surface area contributed by atoms with E-state index < -0.39 is 23.5 Å². The van der Waals surface area contributed by atoms with Gasteiger partial charge in [-0.15, -0.1) is 10.2 Å². The number of aliphatic hydroxyl groups excluding tert-OH is 1. The standard InChI is InChI=1S/C28H20ClN3O4S2/c29-20-11-6-18(7-12-20)16-37-28-31-30-27(38-28)32-24(19-9-13-21(33)14-10-19)23(25(35)26(32)36)22(34)15-8-17-4-2-1-3-5-17/h1-15,24,33,35H,16H2/b15-8+. The van der Waals surface area contributed by atoms with Gasteiger partial charge in [-0.1, -0.05) is 95.4 Å². The van der Waals surface area contributed by atoms with Crippen molar-refractivity contribution in [3.05, 3.63) is 118 Å². The summed E-state index contributed by atoms with van der Waals surface area (Å²) >= 11 is 8.59. The Hall–Kier alpha value is -3.92. The average Bonchev–Trinajstić information content (AvgIpc) is 3.50. The van der Waals surface area contributed by atoms with Gasteiger partial charge in [0, 0.05) is 10.8 Å². The third kappa shape index (κ3) is 5.50. The van der Waals surface area contributed by atoms with E-state index in [2.05, 4.69) is 10.2 Å². The first-order valence-electron chi connectivity index (χ1n) is 11.4. The van der Waals surface area contributed by atoms with Crippen LogP contribution in [0.25, 0.3) is 6.08 Å². The van der Waals surface area contributed by atoms with E-state index in [0.29, 0.717) is 20.7 Å². The fourth-order valence-electron chi connectivity index (χ4n) is 3.94. The Morgan fingerprint density at radius 1 is 1.00 bits per heavy atom. The molecule has 5 rings (SSSR count). The molecule has 0 spiro atoms. The topological polar surface area (TPSA) is 104 Å². The number of hydrogen-bond acceptors (Lipinski definition) is 8. The molecule has 1 aliphatic rings. The Balaban J connectivity index is 1.45. The number of benzene rings is 3. The van der Waals surface area contributed by atoms with Crippen LogP contribution in [0.2, 0.25) is 5.02 Å². The van der Waals surface area contributed by atoms with Gasteiger partial charge in [-0.3, -0.25) is 14.5 Å². The van der Waals surface area contributed by atoms with Crippen LogP contribution in [-0.4, -0.2) is 32.1 Å². The van der Waals surface area contributed by atoms with E-state index in [4.69, 9.17) is 11.6 Å². The van der Waals surface area contributed by atoms with Gasteiger partial charge in [0.25, 0.3) is 5.91 Å². The lowest BCUT2D eigenvalue weighted by Gasteiger charge is -2.23. The van der Waals surface area contributed by atoms with Gasteiger partial charge in [0.15, 0.2) is 15.9 Å². The lowest BCUT2D eigenvalue weighted by molar-refractivity contribution is -0.117. The van der Waals surface area contributed by atoms with Crippen molar-refractivity contribution >= 4 is 57.6 Å². The second kappa shape index (κ2) is 11.2. The number of ketones is 1. The molecule has 0 aliphatic carbocycles. The molecule has 1 atom stereocenters. The van der Waals surface area contributed by atoms with Crippen LogP contribution in [0.4, 0.5) is 5.13 Å². The lowest BCUT2D eigenvalue weighted by atomic mass is 9.95. The van der Waals surface area contributed by atoms with Crippen molar-refractivity contribution in [1.82, 2.24) is 10.2 Å². The van der Waals surface area contributed by atoms with Gasteiger partial charge < -0.3 is 10.2 Å². The van der Waals surface area contributed by atoms with Crippen molar-refractivity contribution in [1.29, 1.82) is 0 Å². The van der Waals surface area contributed by atoms with Crippen LogP contribution in [0.1, 0.15) is 22.7 Å². The quantitative estimate of drug-likeness (QED) is 0.146. The fourth-order valence-corrected chi connectivity index (χ4v) is 5.89. The summed E-state index contributed by atoms with van der Waals surface area (Å²) in [7, 11) is 0. The van der Waals surface area contributed by atoms with E-state index in [1.54, 1.807) is 18.2 Å². The van der Waals surface area contributed by atoms with Crippen molar-refractivity contribution in [2.24, 2.45) is 0 Å². The zero-order valence-corrected chi connectivity index (χ0v) is 22.1. The second-order valence-corrected chi connectivity index (χ2v) is 10.9. The van der Waals surface area contributed by atoms with E-state index in [1.807, 2.05) is 54.6 Å². The summed E-state index contributed by atoms with van der Waals surface area (Å²) in [6, 6.07) is 21.9. The number of amides is 1. The number of aromatic nitrogens is 2. The number of rotatable bonds is 8. The van der Waals surface area contributed by atoms with Crippen LogP contribution in [0.15, 0.2) is 101 Å². The Kier molecular flexibility index (Phi) is 7.59. The number of thioether (sulfide) groups is 1. The molecule has 0 bridgehead atoms. The third-order valence-corrected chi connectivity index (χ3v) is 8.17. The lowest BCUT2D eigenvalue weighted by Crippen LogP contribution is -2.30. The molecule has 38 heavy (non-hydrogen) atoms. The number of aliphatic hydroxyl groups is 1. The summed E-state index contributed by atoms with van der Waals surface area (Å²) in [6.07, 6.45) is 2.96. The highest BCUT2D eigenvalue weighted by atomic mass is 35.5. The first-order valence-corrected chi connectivity index (χ1v) is 13.6. The molecule has 2 N–H and O–H groups in total. The zero-order valence-electron chi connectivity index (χ0n) is 19.7. The summed E-state index contributed by atoms with van der Waals surface area (Å²) < 4.78 is 0.621. The number of phenolic OH excluding ortho intramolecular Hbond substituents is 1. The van der Waals surface area contributed by atoms with E-state index in [0.717, 1.165) is 11.1 Å². The first kappa shape index (κ1) is 25.7. The smallest absolute Gasteiger partial charge is 0.296 e. The Labute approximate surface area is 231 Å². The van der Waals surface area contributed by atoms with Crippen LogP contribution < -0.4 is 4.90 Å². The van der Waals surface area contributed by atoms with Gasteiger partial charge in [0.2, 0.25) is 5.13 Å².